The van der Waals surface area contributed by atoms with Crippen molar-refractivity contribution in [2.75, 3.05) is 14.2 Å². The van der Waals surface area contributed by atoms with Gasteiger partial charge in [-0.2, -0.15) is 0 Å². The second kappa shape index (κ2) is 6.05. The van der Waals surface area contributed by atoms with Gasteiger partial charge in [0.2, 0.25) is 0 Å². The van der Waals surface area contributed by atoms with Gasteiger partial charge in [0.1, 0.15) is 11.5 Å². The second-order valence-corrected chi connectivity index (χ2v) is 6.21. The highest BCUT2D eigenvalue weighted by Gasteiger charge is 2.11. The summed E-state index contributed by atoms with van der Waals surface area (Å²) in [6.45, 7) is 0. The zero-order valence-electron chi connectivity index (χ0n) is 13.4. The molecule has 0 spiro atoms. The first-order valence-electron chi connectivity index (χ1n) is 7.49. The lowest BCUT2D eigenvalue weighted by molar-refractivity contribution is 0.355. The van der Waals surface area contributed by atoms with Crippen molar-refractivity contribution in [3.05, 3.63) is 59.6 Å². The second-order valence-electron chi connectivity index (χ2n) is 5.34. The number of benzene rings is 1. The van der Waals surface area contributed by atoms with Crippen LogP contribution in [0.4, 0.5) is 0 Å². The summed E-state index contributed by atoms with van der Waals surface area (Å²) in [6.07, 6.45) is 4.71. The third-order valence-corrected chi connectivity index (χ3v) is 4.60. The van der Waals surface area contributed by atoms with E-state index in [9.17, 15) is 0 Å². The average Bonchev–Trinajstić information content (AvgIpc) is 3.30. The Kier molecular flexibility index (Phi) is 3.74. The Labute approximate surface area is 143 Å². The van der Waals surface area contributed by atoms with Gasteiger partial charge in [0.25, 0.3) is 0 Å². The molecule has 0 saturated carbocycles. The Morgan fingerprint density at radius 1 is 1.12 bits per heavy atom. The molecule has 6 heteroatoms. The maximum absolute atomic E-state index is 5.98. The molecule has 0 aliphatic heterocycles. The minimum Gasteiger partial charge on any atom is -0.493 e. The van der Waals surface area contributed by atoms with Gasteiger partial charge in [-0.25, -0.2) is 4.98 Å². The number of imidazole rings is 1. The van der Waals surface area contributed by atoms with Crippen LogP contribution in [0.1, 0.15) is 11.5 Å². The van der Waals surface area contributed by atoms with Gasteiger partial charge in [-0.15, -0.1) is 11.3 Å². The highest BCUT2D eigenvalue weighted by atomic mass is 32.1. The summed E-state index contributed by atoms with van der Waals surface area (Å²) >= 11 is 1.62. The van der Waals surface area contributed by atoms with Crippen molar-refractivity contribution in [2.24, 2.45) is 0 Å². The summed E-state index contributed by atoms with van der Waals surface area (Å²) in [6, 6.07) is 9.69. The zero-order chi connectivity index (χ0) is 16.5. The highest BCUT2D eigenvalue weighted by molar-refractivity contribution is 7.15. The molecule has 4 aromatic rings. The summed E-state index contributed by atoms with van der Waals surface area (Å²) < 4.78 is 18.6. The van der Waals surface area contributed by atoms with Crippen LogP contribution in [0.15, 0.2) is 52.5 Å². The van der Waals surface area contributed by atoms with E-state index in [1.165, 1.54) is 0 Å². The molecule has 0 aliphatic rings. The van der Waals surface area contributed by atoms with Crippen molar-refractivity contribution >= 4 is 16.3 Å². The number of methoxy groups -OCH3 is 2. The third kappa shape index (κ3) is 2.65. The summed E-state index contributed by atoms with van der Waals surface area (Å²) in [5.41, 5.74) is 1.94. The quantitative estimate of drug-likeness (QED) is 0.544. The fourth-order valence-corrected chi connectivity index (χ4v) is 3.38. The predicted octanol–water partition coefficient (Wildman–Crippen LogP) is 4.26. The van der Waals surface area contributed by atoms with Crippen LogP contribution in [0, 0.1) is 0 Å². The Morgan fingerprint density at radius 3 is 2.79 bits per heavy atom. The first-order chi connectivity index (χ1) is 11.8. The van der Waals surface area contributed by atoms with Gasteiger partial charge >= 0.3 is 0 Å². The molecule has 0 amide bonds. The number of hydrogen-bond donors (Lipinski definition) is 0. The van der Waals surface area contributed by atoms with E-state index < -0.39 is 0 Å². The SMILES string of the molecule is COc1ccc(-c2ccc(Cc3cn4ccsc4n3)o2)cc1OC. The van der Waals surface area contributed by atoms with Crippen LogP contribution in [0.5, 0.6) is 11.5 Å². The van der Waals surface area contributed by atoms with E-state index in [2.05, 4.69) is 4.98 Å². The molecule has 0 atom stereocenters. The van der Waals surface area contributed by atoms with E-state index in [1.807, 2.05) is 52.5 Å². The number of rotatable bonds is 5. The Balaban J connectivity index is 1.59. The van der Waals surface area contributed by atoms with Gasteiger partial charge in [0.15, 0.2) is 16.5 Å². The average molecular weight is 340 g/mol. The predicted molar refractivity (Wildman–Crippen MR) is 93.1 cm³/mol. The first-order valence-corrected chi connectivity index (χ1v) is 8.37. The van der Waals surface area contributed by atoms with E-state index in [-0.39, 0.29) is 0 Å². The maximum atomic E-state index is 5.98. The summed E-state index contributed by atoms with van der Waals surface area (Å²) in [5.74, 6) is 3.06. The van der Waals surface area contributed by atoms with Gasteiger partial charge in [0.05, 0.1) is 19.9 Å². The molecule has 4 rings (SSSR count). The molecule has 3 aromatic heterocycles. The Morgan fingerprint density at radius 2 is 2.00 bits per heavy atom. The lowest BCUT2D eigenvalue weighted by Crippen LogP contribution is -1.90. The van der Waals surface area contributed by atoms with Crippen molar-refractivity contribution in [3.8, 4) is 22.8 Å². The molecule has 3 heterocycles. The molecule has 24 heavy (non-hydrogen) atoms. The number of fused-ring (bicyclic) bond motifs is 1. The fraction of sp³-hybridized carbons (Fsp3) is 0.167. The summed E-state index contributed by atoms with van der Waals surface area (Å²) in [5, 5.41) is 2.02. The standard InChI is InChI=1S/C18H16N2O3S/c1-21-16-5-3-12(9-17(16)22-2)15-6-4-14(23-15)10-13-11-20-7-8-24-18(20)19-13/h3-9,11H,10H2,1-2H3. The normalized spacial score (nSPS) is 11.1. The van der Waals surface area contributed by atoms with Gasteiger partial charge in [0, 0.05) is 29.8 Å². The number of furan rings is 1. The zero-order valence-corrected chi connectivity index (χ0v) is 14.2. The minimum atomic E-state index is 0.668. The fourth-order valence-electron chi connectivity index (χ4n) is 2.66. The number of aromatic nitrogens is 2. The van der Waals surface area contributed by atoms with Crippen LogP contribution in [0.2, 0.25) is 0 Å². The topological polar surface area (TPSA) is 48.9 Å². The summed E-state index contributed by atoms with van der Waals surface area (Å²) in [4.78, 5) is 5.58. The molecular formula is C18H16N2O3S. The van der Waals surface area contributed by atoms with E-state index >= 15 is 0 Å². The molecule has 0 bridgehead atoms. The molecule has 0 radical (unpaired) electrons. The lowest BCUT2D eigenvalue weighted by Gasteiger charge is -2.08. The molecular weight excluding hydrogens is 324 g/mol. The van der Waals surface area contributed by atoms with Crippen LogP contribution in [-0.2, 0) is 6.42 Å². The molecule has 1 aromatic carbocycles. The van der Waals surface area contributed by atoms with Gasteiger partial charge in [-0.1, -0.05) is 0 Å². The summed E-state index contributed by atoms with van der Waals surface area (Å²) in [7, 11) is 3.25. The Bertz CT molecular complexity index is 955. The van der Waals surface area contributed by atoms with Gasteiger partial charge < -0.3 is 13.9 Å². The van der Waals surface area contributed by atoms with Crippen LogP contribution >= 0.6 is 11.3 Å². The van der Waals surface area contributed by atoms with E-state index in [0.717, 1.165) is 27.7 Å². The van der Waals surface area contributed by atoms with Crippen molar-refractivity contribution < 1.29 is 13.9 Å². The number of nitrogens with zero attached hydrogens (tertiary/aromatic N) is 2. The highest BCUT2D eigenvalue weighted by Crippen LogP contribution is 2.33. The Hall–Kier alpha value is -2.73. The van der Waals surface area contributed by atoms with Crippen molar-refractivity contribution in [2.45, 2.75) is 6.42 Å². The van der Waals surface area contributed by atoms with Crippen LogP contribution < -0.4 is 9.47 Å². The first kappa shape index (κ1) is 14.8. The lowest BCUT2D eigenvalue weighted by atomic mass is 10.1. The molecule has 0 saturated heterocycles. The van der Waals surface area contributed by atoms with Crippen LogP contribution in [0.25, 0.3) is 16.3 Å². The minimum absolute atomic E-state index is 0.668. The van der Waals surface area contributed by atoms with Crippen LogP contribution in [0.3, 0.4) is 0 Å². The molecule has 0 aliphatic carbocycles. The van der Waals surface area contributed by atoms with Crippen molar-refractivity contribution in [1.82, 2.24) is 9.38 Å². The molecule has 122 valence electrons. The van der Waals surface area contributed by atoms with Crippen LogP contribution in [-0.4, -0.2) is 23.6 Å². The third-order valence-electron chi connectivity index (χ3n) is 3.83. The van der Waals surface area contributed by atoms with Crippen molar-refractivity contribution in [1.29, 1.82) is 0 Å². The van der Waals surface area contributed by atoms with Crippen molar-refractivity contribution in [3.63, 3.8) is 0 Å². The molecule has 5 nitrogen and oxygen atoms in total. The number of ether oxygens (including phenoxy) is 2. The van der Waals surface area contributed by atoms with Gasteiger partial charge in [-0.3, -0.25) is 4.40 Å². The molecule has 0 N–H and O–H groups in total. The molecule has 0 fully saturated rings. The van der Waals surface area contributed by atoms with E-state index in [4.69, 9.17) is 13.9 Å². The maximum Gasteiger partial charge on any atom is 0.193 e. The van der Waals surface area contributed by atoms with E-state index in [0.29, 0.717) is 17.9 Å². The number of hydrogen-bond acceptors (Lipinski definition) is 5. The van der Waals surface area contributed by atoms with Gasteiger partial charge in [-0.05, 0) is 30.3 Å². The molecule has 0 unspecified atom stereocenters. The number of thiazole rings is 1. The smallest absolute Gasteiger partial charge is 0.193 e. The largest absolute Gasteiger partial charge is 0.493 e. The van der Waals surface area contributed by atoms with E-state index in [1.54, 1.807) is 25.6 Å². The monoisotopic (exact) mass is 340 g/mol.